The summed E-state index contributed by atoms with van der Waals surface area (Å²) in [4.78, 5) is 22.2. The van der Waals surface area contributed by atoms with Gasteiger partial charge in [-0.3, -0.25) is 0 Å². The van der Waals surface area contributed by atoms with E-state index in [1.165, 1.54) is 7.11 Å². The molecule has 0 saturated carbocycles. The SMILES string of the molecule is C#Cc1cccc(NC(=O)NCC(OC)C(=O)O)c1. The van der Waals surface area contributed by atoms with Crippen molar-refractivity contribution in [1.29, 1.82) is 0 Å². The standard InChI is InChI=1S/C13H14N2O4/c1-3-9-5-4-6-10(7-9)15-13(18)14-8-11(19-2)12(16)17/h1,4-7,11H,8H2,2H3,(H,16,17)(H2,14,15,18). The highest BCUT2D eigenvalue weighted by Crippen LogP contribution is 2.09. The van der Waals surface area contributed by atoms with Crippen molar-refractivity contribution in [2.45, 2.75) is 6.10 Å². The molecule has 3 N–H and O–H groups in total. The first-order valence-corrected chi connectivity index (χ1v) is 5.44. The molecule has 0 aliphatic carbocycles. The fourth-order valence-corrected chi connectivity index (χ4v) is 1.32. The first kappa shape index (κ1) is 14.5. The molecule has 0 bridgehead atoms. The number of rotatable bonds is 5. The third-order valence-corrected chi connectivity index (χ3v) is 2.30. The second kappa shape index (κ2) is 7.03. The van der Waals surface area contributed by atoms with Gasteiger partial charge in [0.2, 0.25) is 0 Å². The lowest BCUT2D eigenvalue weighted by Gasteiger charge is -2.12. The Kier molecular flexibility index (Phi) is 5.38. The molecule has 6 heteroatoms. The van der Waals surface area contributed by atoms with E-state index >= 15 is 0 Å². The van der Waals surface area contributed by atoms with E-state index in [1.54, 1.807) is 24.3 Å². The van der Waals surface area contributed by atoms with Crippen LogP contribution in [0.3, 0.4) is 0 Å². The third kappa shape index (κ3) is 4.69. The molecule has 0 spiro atoms. The van der Waals surface area contributed by atoms with Crippen LogP contribution in [0.2, 0.25) is 0 Å². The lowest BCUT2D eigenvalue weighted by molar-refractivity contribution is -0.147. The number of amides is 2. The Morgan fingerprint density at radius 3 is 2.84 bits per heavy atom. The summed E-state index contributed by atoms with van der Waals surface area (Å²) < 4.78 is 4.68. The van der Waals surface area contributed by atoms with Gasteiger partial charge in [0.15, 0.2) is 6.10 Å². The number of methoxy groups -OCH3 is 1. The number of hydrogen-bond acceptors (Lipinski definition) is 3. The first-order chi connectivity index (χ1) is 9.06. The van der Waals surface area contributed by atoms with Crippen molar-refractivity contribution >= 4 is 17.7 Å². The van der Waals surface area contributed by atoms with Crippen LogP contribution in [0.4, 0.5) is 10.5 Å². The number of carboxylic acids is 1. The van der Waals surface area contributed by atoms with Gasteiger partial charge in [-0.2, -0.15) is 0 Å². The number of carboxylic acid groups (broad SMARTS) is 1. The Bertz CT molecular complexity index is 508. The largest absolute Gasteiger partial charge is 0.479 e. The lowest BCUT2D eigenvalue weighted by Crippen LogP contribution is -2.39. The number of aliphatic carboxylic acids is 1. The van der Waals surface area contributed by atoms with E-state index in [4.69, 9.17) is 11.5 Å². The smallest absolute Gasteiger partial charge is 0.334 e. The number of anilines is 1. The molecule has 1 unspecified atom stereocenters. The van der Waals surface area contributed by atoms with E-state index in [0.29, 0.717) is 11.3 Å². The summed E-state index contributed by atoms with van der Waals surface area (Å²) in [5.74, 6) is 1.30. The zero-order valence-corrected chi connectivity index (χ0v) is 10.3. The molecule has 0 heterocycles. The van der Waals surface area contributed by atoms with Crippen LogP contribution in [-0.4, -0.2) is 36.9 Å². The normalized spacial score (nSPS) is 11.2. The Hall–Kier alpha value is -2.52. The average molecular weight is 262 g/mol. The Morgan fingerprint density at radius 1 is 1.53 bits per heavy atom. The summed E-state index contributed by atoms with van der Waals surface area (Å²) >= 11 is 0. The fourth-order valence-electron chi connectivity index (χ4n) is 1.32. The number of ether oxygens (including phenoxy) is 1. The van der Waals surface area contributed by atoms with Crippen molar-refractivity contribution in [3.8, 4) is 12.3 Å². The number of carbonyl (C=O) groups is 2. The highest BCUT2D eigenvalue weighted by molar-refractivity contribution is 5.89. The van der Waals surface area contributed by atoms with Gasteiger partial charge in [-0.1, -0.05) is 12.0 Å². The maximum atomic E-state index is 11.5. The fraction of sp³-hybridized carbons (Fsp3) is 0.231. The van der Waals surface area contributed by atoms with Crippen LogP contribution in [0.5, 0.6) is 0 Å². The molecule has 0 aromatic heterocycles. The molecule has 1 aromatic rings. The van der Waals surface area contributed by atoms with Gasteiger partial charge >= 0.3 is 12.0 Å². The van der Waals surface area contributed by atoms with Crippen LogP contribution in [0.1, 0.15) is 5.56 Å². The number of nitrogens with one attached hydrogen (secondary N) is 2. The number of hydrogen-bond donors (Lipinski definition) is 3. The summed E-state index contributed by atoms with van der Waals surface area (Å²) in [6.45, 7) is -0.132. The minimum absolute atomic E-state index is 0.132. The average Bonchev–Trinajstić information content (AvgIpc) is 2.39. The van der Waals surface area contributed by atoms with Crippen LogP contribution in [0.15, 0.2) is 24.3 Å². The summed E-state index contributed by atoms with van der Waals surface area (Å²) in [6, 6.07) is 6.21. The van der Waals surface area contributed by atoms with Crippen LogP contribution < -0.4 is 10.6 Å². The first-order valence-electron chi connectivity index (χ1n) is 5.44. The zero-order chi connectivity index (χ0) is 14.3. The van der Waals surface area contributed by atoms with Gasteiger partial charge in [0.1, 0.15) is 0 Å². The van der Waals surface area contributed by atoms with Gasteiger partial charge in [-0.25, -0.2) is 9.59 Å². The van der Waals surface area contributed by atoms with Gasteiger partial charge in [-0.15, -0.1) is 6.42 Å². The zero-order valence-electron chi connectivity index (χ0n) is 10.3. The van der Waals surface area contributed by atoms with E-state index in [-0.39, 0.29) is 6.54 Å². The van der Waals surface area contributed by atoms with Gasteiger partial charge in [0, 0.05) is 18.4 Å². The molecule has 1 atom stereocenters. The van der Waals surface area contributed by atoms with Gasteiger partial charge in [0.05, 0.1) is 6.54 Å². The van der Waals surface area contributed by atoms with E-state index < -0.39 is 18.1 Å². The molecule has 0 saturated heterocycles. The van der Waals surface area contributed by atoms with Gasteiger partial charge in [-0.05, 0) is 18.2 Å². The molecular weight excluding hydrogens is 248 g/mol. The molecule has 0 aliphatic heterocycles. The Morgan fingerprint density at radius 2 is 2.26 bits per heavy atom. The molecule has 6 nitrogen and oxygen atoms in total. The molecule has 19 heavy (non-hydrogen) atoms. The molecule has 100 valence electrons. The predicted molar refractivity (Wildman–Crippen MR) is 69.8 cm³/mol. The van der Waals surface area contributed by atoms with E-state index in [2.05, 4.69) is 21.3 Å². The van der Waals surface area contributed by atoms with E-state index in [9.17, 15) is 9.59 Å². The second-order valence-corrected chi connectivity index (χ2v) is 3.62. The van der Waals surface area contributed by atoms with Crippen LogP contribution >= 0.6 is 0 Å². The van der Waals surface area contributed by atoms with Gasteiger partial charge < -0.3 is 20.5 Å². The summed E-state index contributed by atoms with van der Waals surface area (Å²) in [5.41, 5.74) is 1.16. The van der Waals surface area contributed by atoms with E-state index in [0.717, 1.165) is 0 Å². The van der Waals surface area contributed by atoms with Crippen molar-refractivity contribution in [1.82, 2.24) is 5.32 Å². The second-order valence-electron chi connectivity index (χ2n) is 3.62. The van der Waals surface area contributed by atoms with Gasteiger partial charge in [0.25, 0.3) is 0 Å². The highest BCUT2D eigenvalue weighted by atomic mass is 16.5. The topological polar surface area (TPSA) is 87.7 Å². The molecule has 1 aromatic carbocycles. The summed E-state index contributed by atoms with van der Waals surface area (Å²) in [6.07, 6.45) is 4.16. The minimum atomic E-state index is -1.14. The molecule has 1 rings (SSSR count). The Balaban J connectivity index is 2.51. The molecule has 2 amide bonds. The minimum Gasteiger partial charge on any atom is -0.479 e. The molecule has 0 radical (unpaired) electrons. The predicted octanol–water partition coefficient (Wildman–Crippen LogP) is 0.889. The van der Waals surface area contributed by atoms with Crippen molar-refractivity contribution in [2.75, 3.05) is 19.0 Å². The quantitative estimate of drug-likeness (QED) is 0.688. The van der Waals surface area contributed by atoms with Crippen LogP contribution in [0, 0.1) is 12.3 Å². The number of urea groups is 1. The lowest BCUT2D eigenvalue weighted by atomic mass is 10.2. The number of benzene rings is 1. The Labute approximate surface area is 110 Å². The van der Waals surface area contributed by atoms with Crippen molar-refractivity contribution in [3.05, 3.63) is 29.8 Å². The van der Waals surface area contributed by atoms with Crippen molar-refractivity contribution < 1.29 is 19.4 Å². The molecular formula is C13H14N2O4. The summed E-state index contributed by atoms with van der Waals surface area (Å²) in [7, 11) is 1.26. The molecule has 0 aliphatic rings. The monoisotopic (exact) mass is 262 g/mol. The van der Waals surface area contributed by atoms with Crippen molar-refractivity contribution in [2.24, 2.45) is 0 Å². The number of carbonyl (C=O) groups excluding carboxylic acids is 1. The van der Waals surface area contributed by atoms with Crippen molar-refractivity contribution in [3.63, 3.8) is 0 Å². The number of terminal acetylenes is 1. The summed E-state index contributed by atoms with van der Waals surface area (Å²) in [5, 5.41) is 13.7. The molecule has 0 fully saturated rings. The third-order valence-electron chi connectivity index (χ3n) is 2.30. The highest BCUT2D eigenvalue weighted by Gasteiger charge is 2.16. The maximum Gasteiger partial charge on any atom is 0.334 e. The van der Waals surface area contributed by atoms with E-state index in [1.807, 2.05) is 0 Å². The van der Waals surface area contributed by atoms with Crippen LogP contribution in [0.25, 0.3) is 0 Å². The maximum absolute atomic E-state index is 11.5. The van der Waals surface area contributed by atoms with Crippen LogP contribution in [-0.2, 0) is 9.53 Å².